The standard InChI is InChI=1S/C25H32N2O4/c1-17(2)30-22-7-6-19(13-18(22)3)24(29)27-11-8-25(9-12-27)15-21(28)14-23(31-25)20-5-4-10-26-16-20/h4-7,10,13,16-17,21,23,28H,8-9,11-12,14-15H2,1-3H3/t21-,23-/m0/s1. The van der Waals surface area contributed by atoms with Crippen LogP contribution in [-0.2, 0) is 4.74 Å². The van der Waals surface area contributed by atoms with Crippen LogP contribution in [0.4, 0.5) is 0 Å². The Hall–Kier alpha value is -2.44. The van der Waals surface area contributed by atoms with Crippen LogP contribution in [0, 0.1) is 6.92 Å². The maximum Gasteiger partial charge on any atom is 0.253 e. The average Bonchev–Trinajstić information content (AvgIpc) is 2.75. The van der Waals surface area contributed by atoms with Gasteiger partial charge >= 0.3 is 0 Å². The number of hydrogen-bond donors (Lipinski definition) is 1. The first-order chi connectivity index (χ1) is 14.8. The van der Waals surface area contributed by atoms with Crippen LogP contribution in [0.1, 0.15) is 67.1 Å². The molecule has 3 heterocycles. The van der Waals surface area contributed by atoms with Gasteiger partial charge in [0, 0.05) is 43.9 Å². The predicted octanol–water partition coefficient (Wildman–Crippen LogP) is 4.06. The largest absolute Gasteiger partial charge is 0.491 e. The number of amides is 1. The summed E-state index contributed by atoms with van der Waals surface area (Å²) in [6.07, 6.45) is 5.73. The Morgan fingerprint density at radius 2 is 2.06 bits per heavy atom. The molecule has 166 valence electrons. The van der Waals surface area contributed by atoms with Gasteiger partial charge in [0.25, 0.3) is 5.91 Å². The summed E-state index contributed by atoms with van der Waals surface area (Å²) in [6, 6.07) is 9.53. The van der Waals surface area contributed by atoms with Crippen molar-refractivity contribution >= 4 is 5.91 Å². The van der Waals surface area contributed by atoms with Gasteiger partial charge in [0.05, 0.1) is 23.9 Å². The van der Waals surface area contributed by atoms with Crippen LogP contribution in [0.5, 0.6) is 5.75 Å². The van der Waals surface area contributed by atoms with Crippen LogP contribution >= 0.6 is 0 Å². The molecule has 2 aromatic rings. The molecule has 2 aliphatic rings. The van der Waals surface area contributed by atoms with Crippen molar-refractivity contribution in [3.05, 3.63) is 59.4 Å². The zero-order chi connectivity index (χ0) is 22.0. The summed E-state index contributed by atoms with van der Waals surface area (Å²) in [4.78, 5) is 19.2. The van der Waals surface area contributed by atoms with Gasteiger partial charge in [-0.05, 0) is 69.0 Å². The molecule has 0 aliphatic carbocycles. The van der Waals surface area contributed by atoms with Gasteiger partial charge in [0.2, 0.25) is 0 Å². The highest BCUT2D eigenvalue weighted by Crippen LogP contribution is 2.43. The number of nitrogens with zero attached hydrogens (tertiary/aromatic N) is 2. The Balaban J connectivity index is 1.42. The molecule has 2 atom stereocenters. The fraction of sp³-hybridized carbons (Fsp3) is 0.520. The molecule has 6 nitrogen and oxygen atoms in total. The molecule has 1 aromatic heterocycles. The maximum absolute atomic E-state index is 13.1. The number of aliphatic hydroxyl groups is 1. The van der Waals surface area contributed by atoms with E-state index in [1.54, 1.807) is 6.20 Å². The second kappa shape index (κ2) is 8.97. The molecule has 1 amide bonds. The number of piperidine rings is 1. The minimum atomic E-state index is -0.405. The van der Waals surface area contributed by atoms with Crippen molar-refractivity contribution in [2.45, 2.75) is 70.4 Å². The molecular weight excluding hydrogens is 392 g/mol. The van der Waals surface area contributed by atoms with Gasteiger partial charge in [-0.2, -0.15) is 0 Å². The Bertz CT molecular complexity index is 907. The van der Waals surface area contributed by atoms with Gasteiger partial charge in [-0.25, -0.2) is 0 Å². The van der Waals surface area contributed by atoms with Crippen molar-refractivity contribution in [1.82, 2.24) is 9.88 Å². The third-order valence-electron chi connectivity index (χ3n) is 6.29. The van der Waals surface area contributed by atoms with Crippen molar-refractivity contribution in [2.24, 2.45) is 0 Å². The third-order valence-corrected chi connectivity index (χ3v) is 6.29. The Morgan fingerprint density at radius 1 is 1.29 bits per heavy atom. The fourth-order valence-corrected chi connectivity index (χ4v) is 4.72. The first-order valence-corrected chi connectivity index (χ1v) is 11.2. The number of aromatic nitrogens is 1. The maximum atomic E-state index is 13.1. The van der Waals surface area contributed by atoms with E-state index in [1.165, 1.54) is 0 Å². The molecule has 1 N–H and O–H groups in total. The molecule has 2 saturated heterocycles. The molecule has 0 saturated carbocycles. The SMILES string of the molecule is Cc1cc(C(=O)N2CCC3(CC2)C[C@@H](O)C[C@@H](c2cccnc2)O3)ccc1OC(C)C. The van der Waals surface area contributed by atoms with Gasteiger partial charge in [-0.1, -0.05) is 6.07 Å². The molecule has 31 heavy (non-hydrogen) atoms. The van der Waals surface area contributed by atoms with Crippen molar-refractivity contribution in [3.8, 4) is 5.75 Å². The van der Waals surface area contributed by atoms with E-state index in [0.717, 1.165) is 29.7 Å². The van der Waals surface area contributed by atoms with E-state index in [9.17, 15) is 9.90 Å². The number of ether oxygens (including phenoxy) is 2. The zero-order valence-corrected chi connectivity index (χ0v) is 18.6. The number of aliphatic hydroxyl groups excluding tert-OH is 1. The summed E-state index contributed by atoms with van der Waals surface area (Å²) in [7, 11) is 0. The van der Waals surface area contributed by atoms with E-state index in [4.69, 9.17) is 9.47 Å². The number of benzene rings is 1. The molecule has 1 spiro atoms. The smallest absolute Gasteiger partial charge is 0.253 e. The van der Waals surface area contributed by atoms with Crippen molar-refractivity contribution < 1.29 is 19.4 Å². The van der Waals surface area contributed by atoms with Crippen LogP contribution in [0.25, 0.3) is 0 Å². The molecular formula is C25H32N2O4. The minimum absolute atomic E-state index is 0.0363. The number of rotatable bonds is 4. The lowest BCUT2D eigenvalue weighted by Crippen LogP contribution is -2.52. The number of hydrogen-bond acceptors (Lipinski definition) is 5. The summed E-state index contributed by atoms with van der Waals surface area (Å²) in [5.41, 5.74) is 2.26. The number of aryl methyl sites for hydroxylation is 1. The van der Waals surface area contributed by atoms with Gasteiger partial charge < -0.3 is 19.5 Å². The van der Waals surface area contributed by atoms with Gasteiger partial charge in [-0.3, -0.25) is 9.78 Å². The van der Waals surface area contributed by atoms with Crippen molar-refractivity contribution in [1.29, 1.82) is 0 Å². The van der Waals surface area contributed by atoms with Gasteiger partial charge in [0.1, 0.15) is 5.75 Å². The van der Waals surface area contributed by atoms with E-state index in [1.807, 2.05) is 62.2 Å². The molecule has 0 bridgehead atoms. The quantitative estimate of drug-likeness (QED) is 0.801. The normalized spacial score (nSPS) is 23.2. The number of carbonyl (C=O) groups is 1. The monoisotopic (exact) mass is 424 g/mol. The van der Waals surface area contributed by atoms with Crippen LogP contribution < -0.4 is 4.74 Å². The molecule has 6 heteroatoms. The Labute approximate surface area is 184 Å². The van der Waals surface area contributed by atoms with Crippen molar-refractivity contribution in [3.63, 3.8) is 0 Å². The van der Waals surface area contributed by atoms with Gasteiger partial charge in [-0.15, -0.1) is 0 Å². The van der Waals surface area contributed by atoms with Crippen molar-refractivity contribution in [2.75, 3.05) is 13.1 Å². The fourth-order valence-electron chi connectivity index (χ4n) is 4.72. The van der Waals surface area contributed by atoms with E-state index in [0.29, 0.717) is 31.5 Å². The lowest BCUT2D eigenvalue weighted by atomic mass is 9.81. The first-order valence-electron chi connectivity index (χ1n) is 11.2. The predicted molar refractivity (Wildman–Crippen MR) is 118 cm³/mol. The lowest BCUT2D eigenvalue weighted by Gasteiger charge is -2.48. The lowest BCUT2D eigenvalue weighted by molar-refractivity contribution is -0.181. The first kappa shape index (κ1) is 21.8. The average molecular weight is 425 g/mol. The Morgan fingerprint density at radius 3 is 2.71 bits per heavy atom. The highest BCUT2D eigenvalue weighted by atomic mass is 16.5. The zero-order valence-electron chi connectivity index (χ0n) is 18.6. The summed E-state index contributed by atoms with van der Waals surface area (Å²) in [5.74, 6) is 0.851. The number of likely N-dealkylation sites (tertiary alicyclic amines) is 1. The third kappa shape index (κ3) is 4.91. The molecule has 2 aliphatic heterocycles. The second-order valence-electron chi connectivity index (χ2n) is 9.11. The van der Waals surface area contributed by atoms with E-state index in [-0.39, 0.29) is 23.7 Å². The highest BCUT2D eigenvalue weighted by Gasteiger charge is 2.44. The summed E-state index contributed by atoms with van der Waals surface area (Å²) >= 11 is 0. The molecule has 0 unspecified atom stereocenters. The van der Waals surface area contributed by atoms with Crippen LogP contribution in [0.2, 0.25) is 0 Å². The van der Waals surface area contributed by atoms with E-state index < -0.39 is 6.10 Å². The number of pyridine rings is 1. The van der Waals surface area contributed by atoms with E-state index in [2.05, 4.69) is 4.98 Å². The summed E-state index contributed by atoms with van der Waals surface area (Å²) < 4.78 is 12.3. The van der Waals surface area contributed by atoms with Crippen LogP contribution in [0.15, 0.2) is 42.7 Å². The van der Waals surface area contributed by atoms with Crippen LogP contribution in [-0.4, -0.2) is 51.8 Å². The molecule has 2 fully saturated rings. The van der Waals surface area contributed by atoms with Gasteiger partial charge in [0.15, 0.2) is 0 Å². The van der Waals surface area contributed by atoms with E-state index >= 15 is 0 Å². The Kier molecular flexibility index (Phi) is 6.30. The number of carbonyl (C=O) groups excluding carboxylic acids is 1. The summed E-state index contributed by atoms with van der Waals surface area (Å²) in [6.45, 7) is 7.19. The molecule has 0 radical (unpaired) electrons. The topological polar surface area (TPSA) is 71.9 Å². The molecule has 4 rings (SSSR count). The minimum Gasteiger partial charge on any atom is -0.491 e. The second-order valence-corrected chi connectivity index (χ2v) is 9.11. The van der Waals surface area contributed by atoms with Crippen LogP contribution in [0.3, 0.4) is 0 Å². The highest BCUT2D eigenvalue weighted by molar-refractivity contribution is 5.94. The molecule has 1 aromatic carbocycles. The summed E-state index contributed by atoms with van der Waals surface area (Å²) in [5, 5.41) is 10.5.